The third-order valence-corrected chi connectivity index (χ3v) is 6.18. The smallest absolute Gasteiger partial charge is 0.302 e. The Bertz CT molecular complexity index is 861. The summed E-state index contributed by atoms with van der Waals surface area (Å²) in [5.74, 6) is 1.08. The molecule has 1 aromatic heterocycles. The molecule has 0 amide bonds. The van der Waals surface area contributed by atoms with E-state index in [1.54, 1.807) is 12.3 Å². The number of nitrogens with zero attached hydrogens (tertiary/aromatic N) is 1. The maximum atomic E-state index is 13.4. The number of halogens is 1. The minimum absolute atomic E-state index is 0.0200. The van der Waals surface area contributed by atoms with Crippen molar-refractivity contribution in [3.63, 3.8) is 0 Å². The van der Waals surface area contributed by atoms with E-state index in [0.717, 1.165) is 23.2 Å². The van der Waals surface area contributed by atoms with Crippen molar-refractivity contribution < 1.29 is 13.9 Å². The molecule has 4 atom stereocenters. The minimum atomic E-state index is -0.249. The molecule has 3 nitrogen and oxygen atoms in total. The lowest BCUT2D eigenvalue weighted by Gasteiger charge is -2.28. The van der Waals surface area contributed by atoms with Crippen molar-refractivity contribution in [2.24, 2.45) is 17.8 Å². The van der Waals surface area contributed by atoms with Gasteiger partial charge in [0.25, 0.3) is 0 Å². The van der Waals surface area contributed by atoms with E-state index in [4.69, 9.17) is 4.74 Å². The van der Waals surface area contributed by atoms with Crippen molar-refractivity contribution in [1.29, 1.82) is 0 Å². The molecule has 4 heteroatoms. The molecule has 4 unspecified atom stereocenters. The van der Waals surface area contributed by atoms with E-state index in [1.807, 2.05) is 24.3 Å². The lowest BCUT2D eigenvalue weighted by atomic mass is 9.78. The van der Waals surface area contributed by atoms with E-state index >= 15 is 0 Å². The molecule has 1 heterocycles. The Balaban J connectivity index is 1.50. The second-order valence-electron chi connectivity index (χ2n) is 8.01. The van der Waals surface area contributed by atoms with Crippen LogP contribution in [0.3, 0.4) is 0 Å². The number of esters is 1. The first-order valence-electron chi connectivity index (χ1n) is 10.2. The average Bonchev–Trinajstić information content (AvgIpc) is 3.03. The van der Waals surface area contributed by atoms with E-state index in [2.05, 4.69) is 11.1 Å². The van der Waals surface area contributed by atoms with E-state index in [9.17, 15) is 9.18 Å². The summed E-state index contributed by atoms with van der Waals surface area (Å²) in [4.78, 5) is 16.1. The highest BCUT2D eigenvalue weighted by atomic mass is 19.1. The number of rotatable bonds is 4. The van der Waals surface area contributed by atoms with Crippen LogP contribution in [0.5, 0.6) is 0 Å². The van der Waals surface area contributed by atoms with Gasteiger partial charge in [-0.1, -0.05) is 43.5 Å². The lowest BCUT2D eigenvalue weighted by Crippen LogP contribution is -2.24. The molecular weight excluding hydrogens is 353 g/mol. The van der Waals surface area contributed by atoms with Gasteiger partial charge < -0.3 is 4.74 Å². The highest BCUT2D eigenvalue weighted by Crippen LogP contribution is 2.47. The summed E-state index contributed by atoms with van der Waals surface area (Å²) in [6.07, 6.45) is 12.0. The van der Waals surface area contributed by atoms with E-state index < -0.39 is 0 Å². The molecule has 0 N–H and O–H groups in total. The summed E-state index contributed by atoms with van der Waals surface area (Å²) in [5, 5.41) is 0. The normalized spacial score (nSPS) is 26.9. The van der Waals surface area contributed by atoms with Gasteiger partial charge in [-0.3, -0.25) is 9.78 Å². The fourth-order valence-corrected chi connectivity index (χ4v) is 4.93. The number of hydrogen-bond acceptors (Lipinski definition) is 3. The summed E-state index contributed by atoms with van der Waals surface area (Å²) in [7, 11) is 0. The van der Waals surface area contributed by atoms with Crippen LogP contribution in [0.15, 0.2) is 48.7 Å². The van der Waals surface area contributed by atoms with Crippen LogP contribution in [0.4, 0.5) is 4.39 Å². The number of carbonyl (C=O) groups is 1. The average molecular weight is 379 g/mol. The van der Waals surface area contributed by atoms with Gasteiger partial charge in [-0.2, -0.15) is 0 Å². The van der Waals surface area contributed by atoms with Crippen LogP contribution in [0, 0.1) is 23.6 Å². The number of ether oxygens (including phenoxy) is 1. The van der Waals surface area contributed by atoms with Gasteiger partial charge in [-0.25, -0.2) is 4.39 Å². The molecule has 2 aliphatic carbocycles. The van der Waals surface area contributed by atoms with Gasteiger partial charge in [0.1, 0.15) is 11.9 Å². The van der Waals surface area contributed by atoms with Crippen LogP contribution in [0.2, 0.25) is 0 Å². The molecule has 2 saturated carbocycles. The number of fused-ring (bicyclic) bond motifs is 1. The van der Waals surface area contributed by atoms with Crippen molar-refractivity contribution in [1.82, 2.24) is 4.98 Å². The number of carbonyl (C=O) groups excluding carboxylic acids is 1. The molecule has 0 radical (unpaired) electrons. The first kappa shape index (κ1) is 18.9. The van der Waals surface area contributed by atoms with Gasteiger partial charge in [0.15, 0.2) is 0 Å². The topological polar surface area (TPSA) is 39.2 Å². The molecule has 2 aliphatic rings. The minimum Gasteiger partial charge on any atom is -0.462 e. The second kappa shape index (κ2) is 8.26. The molecule has 0 aliphatic heterocycles. The number of aromatic nitrogens is 1. The standard InChI is InChI=1S/C24H26FNO2/c1-16(27)28-24-14-18-5-2-3-8-22(18)23(24)12-11-21-10-9-19(15-26-21)17-6-4-7-20(25)13-17/h4,6-7,9-13,15,18,22-24H,2-3,5,8,14H2,1H3. The quantitative estimate of drug-likeness (QED) is 0.644. The first-order chi connectivity index (χ1) is 13.6. The van der Waals surface area contributed by atoms with Gasteiger partial charge in [0, 0.05) is 24.6 Å². The van der Waals surface area contributed by atoms with Crippen molar-refractivity contribution in [3.05, 3.63) is 60.2 Å². The van der Waals surface area contributed by atoms with Crippen LogP contribution in [-0.2, 0) is 9.53 Å². The highest BCUT2D eigenvalue weighted by Gasteiger charge is 2.44. The van der Waals surface area contributed by atoms with Crippen molar-refractivity contribution >= 4 is 12.0 Å². The largest absolute Gasteiger partial charge is 0.462 e. The fourth-order valence-electron chi connectivity index (χ4n) is 4.93. The molecule has 146 valence electrons. The molecule has 2 aromatic rings. The molecule has 4 rings (SSSR count). The summed E-state index contributed by atoms with van der Waals surface area (Å²) in [6, 6.07) is 10.4. The predicted molar refractivity (Wildman–Crippen MR) is 108 cm³/mol. The molecule has 0 saturated heterocycles. The van der Waals surface area contributed by atoms with Crippen LogP contribution in [-0.4, -0.2) is 17.1 Å². The SMILES string of the molecule is CC(=O)OC1CC2CCCCC2C1C=Cc1ccc(-c2cccc(F)c2)cn1. The predicted octanol–water partition coefficient (Wildman–Crippen LogP) is 5.66. The van der Waals surface area contributed by atoms with Crippen molar-refractivity contribution in [3.8, 4) is 11.1 Å². The highest BCUT2D eigenvalue weighted by molar-refractivity contribution is 5.66. The maximum absolute atomic E-state index is 13.4. The van der Waals surface area contributed by atoms with E-state index in [0.29, 0.717) is 11.8 Å². The lowest BCUT2D eigenvalue weighted by molar-refractivity contribution is -0.147. The molecular formula is C24H26FNO2. The van der Waals surface area contributed by atoms with Gasteiger partial charge in [0.05, 0.1) is 5.69 Å². The molecule has 0 spiro atoms. The summed E-state index contributed by atoms with van der Waals surface area (Å²) < 4.78 is 19.1. The zero-order valence-electron chi connectivity index (χ0n) is 16.2. The van der Waals surface area contributed by atoms with Gasteiger partial charge in [-0.15, -0.1) is 0 Å². The first-order valence-corrected chi connectivity index (χ1v) is 10.2. The Hall–Kier alpha value is -2.49. The van der Waals surface area contributed by atoms with Gasteiger partial charge >= 0.3 is 5.97 Å². The summed E-state index contributed by atoms with van der Waals surface area (Å²) >= 11 is 0. The van der Waals surface area contributed by atoms with E-state index in [-0.39, 0.29) is 23.8 Å². The van der Waals surface area contributed by atoms with Gasteiger partial charge in [0.2, 0.25) is 0 Å². The summed E-state index contributed by atoms with van der Waals surface area (Å²) in [6.45, 7) is 1.50. The van der Waals surface area contributed by atoms with Crippen LogP contribution in [0.1, 0.15) is 44.7 Å². The van der Waals surface area contributed by atoms with Crippen molar-refractivity contribution in [2.45, 2.75) is 45.1 Å². The fraction of sp³-hybridized carbons (Fsp3) is 0.417. The molecule has 1 aromatic carbocycles. The Morgan fingerprint density at radius 1 is 1.18 bits per heavy atom. The number of hydrogen-bond donors (Lipinski definition) is 0. The van der Waals surface area contributed by atoms with Crippen LogP contribution in [0.25, 0.3) is 17.2 Å². The van der Waals surface area contributed by atoms with Gasteiger partial charge in [-0.05, 0) is 54.5 Å². The third-order valence-electron chi connectivity index (χ3n) is 6.18. The summed E-state index contributed by atoms with van der Waals surface area (Å²) in [5.41, 5.74) is 2.57. The van der Waals surface area contributed by atoms with Crippen molar-refractivity contribution in [2.75, 3.05) is 0 Å². The molecule has 28 heavy (non-hydrogen) atoms. The van der Waals surface area contributed by atoms with Crippen LogP contribution < -0.4 is 0 Å². The molecule has 0 bridgehead atoms. The number of pyridine rings is 1. The second-order valence-corrected chi connectivity index (χ2v) is 8.01. The Morgan fingerprint density at radius 3 is 2.79 bits per heavy atom. The van der Waals surface area contributed by atoms with Crippen LogP contribution >= 0.6 is 0 Å². The Morgan fingerprint density at radius 2 is 2.04 bits per heavy atom. The zero-order chi connectivity index (χ0) is 19.5. The zero-order valence-corrected chi connectivity index (χ0v) is 16.2. The monoisotopic (exact) mass is 379 g/mol. The third kappa shape index (κ3) is 4.16. The Labute approximate surface area is 165 Å². The maximum Gasteiger partial charge on any atom is 0.302 e. The molecule has 2 fully saturated rings. The van der Waals surface area contributed by atoms with E-state index in [1.165, 1.54) is 44.7 Å². The number of benzene rings is 1. The Kier molecular flexibility index (Phi) is 5.56.